The molecule has 806 valence electrons. The van der Waals surface area contributed by atoms with Gasteiger partial charge in [-0.15, -0.1) is 0 Å². The molecule has 4 bridgehead atoms. The summed E-state index contributed by atoms with van der Waals surface area (Å²) in [5, 5.41) is 93.7. The molecule has 142 heavy (non-hydrogen) atoms. The maximum Gasteiger partial charge on any atom is 0.329 e. The summed E-state index contributed by atoms with van der Waals surface area (Å²) in [6, 6.07) is -2.30. The van der Waals surface area contributed by atoms with Crippen LogP contribution in [0.2, 0.25) is 0 Å². The van der Waals surface area contributed by atoms with Crippen molar-refractivity contribution in [3.8, 4) is 0 Å². The highest BCUT2D eigenvalue weighted by Gasteiger charge is 2.56. The second-order valence-electron chi connectivity index (χ2n) is 42.1. The number of esters is 2. The Kier molecular flexibility index (Phi) is 54.4. The minimum absolute atomic E-state index is 0.000802. The lowest BCUT2D eigenvalue weighted by Gasteiger charge is -2.43. The number of hydrogen-bond acceptors (Lipinski definition) is 29. The van der Waals surface area contributed by atoms with Crippen molar-refractivity contribution in [3.63, 3.8) is 0 Å². The van der Waals surface area contributed by atoms with Crippen LogP contribution in [0.5, 0.6) is 0 Å². The Morgan fingerprint density at radius 3 is 1.18 bits per heavy atom. The monoisotopic (exact) mass is 2000 g/mol. The molecule has 31 heteroatoms. The van der Waals surface area contributed by atoms with Gasteiger partial charge in [-0.3, -0.25) is 38.4 Å². The van der Waals surface area contributed by atoms with E-state index in [9.17, 15) is 83.7 Å². The third-order valence-corrected chi connectivity index (χ3v) is 30.6. The van der Waals surface area contributed by atoms with E-state index in [2.05, 4.69) is 0 Å². The molecule has 8 aliphatic rings. The molecule has 6 fully saturated rings. The number of piperidine rings is 2. The number of Topliss-reactive ketones (excluding diaryl/α,β-unsaturated/α-hetero) is 6. The van der Waals surface area contributed by atoms with Crippen LogP contribution in [0.1, 0.15) is 290 Å². The van der Waals surface area contributed by atoms with Gasteiger partial charge in [0.1, 0.15) is 60.3 Å². The number of fused-ring (bicyclic) bond motifs is 6. The molecule has 30 atom stereocenters. The molecule has 0 spiro atoms. The molecule has 2 aliphatic carbocycles. The lowest BCUT2D eigenvalue weighted by molar-refractivity contribution is -0.266. The number of carbonyl (C=O) groups excluding carboxylic acids is 10. The van der Waals surface area contributed by atoms with Gasteiger partial charge in [0.25, 0.3) is 23.4 Å². The quantitative estimate of drug-likeness (QED) is 0.0223. The Morgan fingerprint density at radius 2 is 0.803 bits per heavy atom. The van der Waals surface area contributed by atoms with E-state index in [1.165, 1.54) is 24.0 Å². The van der Waals surface area contributed by atoms with Gasteiger partial charge in [0.15, 0.2) is 11.6 Å². The lowest BCUT2D eigenvalue weighted by Crippen LogP contribution is -2.61. The van der Waals surface area contributed by atoms with Gasteiger partial charge in [0.2, 0.25) is 11.6 Å². The van der Waals surface area contributed by atoms with Crippen molar-refractivity contribution in [3.05, 3.63) is 95.2 Å². The number of rotatable bonds is 21. The number of aliphatic hydroxyl groups is 9. The number of cyclic esters (lactones) is 2. The molecule has 31 nitrogen and oxygen atoms in total. The fourth-order valence-corrected chi connectivity index (χ4v) is 21.2. The number of unbranched alkanes of at least 4 members (excludes halogenated alkanes) is 4. The van der Waals surface area contributed by atoms with Crippen LogP contribution >= 0.6 is 0 Å². The number of aliphatic hydroxyl groups excluding tert-OH is 7. The fourth-order valence-electron chi connectivity index (χ4n) is 21.2. The predicted octanol–water partition coefficient (Wildman–Crippen LogP) is 13.0. The van der Waals surface area contributed by atoms with E-state index < -0.39 is 168 Å². The standard InChI is InChI=1S/C55H87NO14.C51H79NO13.C5H12O2/c1-34-18-12-10-13-19-35(2)46(68-27-17-11-16-26-57)32-42-23-21-40(7)55(65,70-42)52(62)53(63)56-25-15-14-20-43(56)54(64)69-47(37(4)30-41-22-24-44(58)48(31-41)66-8)33-45(59)36(3)29-39(6)50(61)51(67-9)49(60)38(5)28-34;1-30-16-12-11-13-17-31(2)42(61-8)28-38-21-19-36(7)51(60,65-38)48(57)49(58)52-23-15-14-18-39(52)50(59)64-43(33(4)26-37-20-22-40(53)44(27-37)62-9)29-41(54)32(3)25-35(6)46(56)47(63-10)45(55)34(5)24-30;6-4-2-1-3-5-7/h10,12-13,18-19,29,34,36-38,40-44,46-48,50-51,57-58,61,65H,11,14-17,20-28,30-33H2,1-9H3;11-13,16-17,25,30,32-34,36-40,42-44,46-47,53,56,60H,14-15,18-24,26-29H2,1-10H3;6-7H,1-5H2/b13-10+,18-12+,35-19+,39-29+;13-11?,16-12+,31-17?,35-25+;/t34-,36-,37-,38-,40-,41+,42+,43+,44-,46?,47+,48-,50-,51+,55-;30-,32-,33-,34-,36-,37+,38+,39+,40-,42+,43+,44-,46-,47+,51-;/m11./s1. The van der Waals surface area contributed by atoms with Crippen molar-refractivity contribution < 1.29 is 141 Å². The minimum atomic E-state index is -2.46. The van der Waals surface area contributed by atoms with Crippen LogP contribution in [0.15, 0.2) is 95.2 Å². The van der Waals surface area contributed by atoms with Crippen molar-refractivity contribution in [1.82, 2.24) is 9.80 Å². The topological polar surface area (TPSA) is 452 Å². The third-order valence-electron chi connectivity index (χ3n) is 30.6. The van der Waals surface area contributed by atoms with Gasteiger partial charge in [-0.1, -0.05) is 142 Å². The summed E-state index contributed by atoms with van der Waals surface area (Å²) in [6.45, 7) is 26.5. The molecular weight excluding hydrogens is 1830 g/mol. The van der Waals surface area contributed by atoms with Gasteiger partial charge in [0.05, 0.1) is 48.8 Å². The number of carbonyl (C=O) groups is 10. The largest absolute Gasteiger partial charge is 0.460 e. The van der Waals surface area contributed by atoms with Crippen LogP contribution in [-0.2, 0) is 95.3 Å². The summed E-state index contributed by atoms with van der Waals surface area (Å²) < 4.78 is 59.5. The zero-order valence-corrected chi connectivity index (χ0v) is 88.6. The van der Waals surface area contributed by atoms with Crippen molar-refractivity contribution in [2.75, 3.05) is 75.1 Å². The van der Waals surface area contributed by atoms with Gasteiger partial charge in [-0.05, 0) is 252 Å². The highest BCUT2D eigenvalue weighted by atomic mass is 16.6. The number of amides is 2. The normalized spacial score (nSPS) is 37.3. The maximum atomic E-state index is 14.5. The Bertz CT molecular complexity index is 4210. The number of ketones is 6. The third kappa shape index (κ3) is 37.2. The second-order valence-corrected chi connectivity index (χ2v) is 42.1. The van der Waals surface area contributed by atoms with E-state index in [-0.39, 0.29) is 129 Å². The smallest absolute Gasteiger partial charge is 0.329 e. The van der Waals surface area contributed by atoms with Crippen LogP contribution in [0, 0.1) is 71.0 Å². The lowest BCUT2D eigenvalue weighted by atomic mass is 9.78. The molecule has 8 rings (SSSR count). The zero-order valence-electron chi connectivity index (χ0n) is 88.6. The van der Waals surface area contributed by atoms with E-state index in [1.54, 1.807) is 75.0 Å². The molecule has 6 aliphatic heterocycles. The first-order valence-corrected chi connectivity index (χ1v) is 52.7. The van der Waals surface area contributed by atoms with E-state index in [4.69, 9.17) is 57.6 Å². The summed E-state index contributed by atoms with van der Waals surface area (Å²) in [6.07, 6.45) is 26.8. The van der Waals surface area contributed by atoms with Gasteiger partial charge < -0.3 is 103 Å². The fraction of sp³-hybridized carbons (Fsp3) is 0.766. The van der Waals surface area contributed by atoms with Crippen molar-refractivity contribution in [2.45, 2.75) is 399 Å². The first kappa shape index (κ1) is 124. The van der Waals surface area contributed by atoms with Crippen LogP contribution in [0.25, 0.3) is 0 Å². The van der Waals surface area contributed by atoms with Gasteiger partial charge in [0, 0.05) is 136 Å². The average Bonchev–Trinajstić information content (AvgIpc) is 0.774. The molecule has 6 heterocycles. The van der Waals surface area contributed by atoms with Crippen LogP contribution < -0.4 is 0 Å². The number of hydrogen-bond donors (Lipinski definition) is 9. The number of nitrogens with zero attached hydrogens (tertiary/aromatic N) is 2. The van der Waals surface area contributed by atoms with E-state index in [0.717, 1.165) is 49.7 Å². The summed E-state index contributed by atoms with van der Waals surface area (Å²) in [7, 11) is 7.46. The van der Waals surface area contributed by atoms with E-state index in [0.29, 0.717) is 146 Å². The summed E-state index contributed by atoms with van der Waals surface area (Å²) in [5.74, 6) is -16.1. The SMILES string of the molecule is CO[C@@H]1C[C@H](C[C@@H](C)[C@@H]2CC(=O)[C@H](C)/C=C(\C)[C@@H](O)[C@@H](OC)C(=O)[C@H](C)C[C@H](C)/C=C/C=C/C=C(\C)C(OCCCCCO)C[C@@H]3CC[C@@H](C)[C@@](O)(O3)C(=O)C(=O)N3CCCC[C@H]3C(=O)O2)CC[C@H]1O.CO[C@H]1C[C@@H]2CC[C@@H](C)[C@@](O)(O2)C(=O)C(=O)N2CCCC[C@H]2C(=O)O[C@H]([C@H](C)C[C@@H]2CC[C@@H](O)[C@H](OC)C2)CC(=O)[C@H](C)/C=C(\C)[C@@H](O)[C@@H](OC)C(=O)[C@H](C)C[C@H](C)/C=C/C=CC=C1C.OCCCCCO. The van der Waals surface area contributed by atoms with Gasteiger partial charge in [-0.25, -0.2) is 9.59 Å². The highest BCUT2D eigenvalue weighted by molar-refractivity contribution is 6.39. The van der Waals surface area contributed by atoms with Crippen molar-refractivity contribution in [2.24, 2.45) is 71.0 Å². The maximum absolute atomic E-state index is 14.5. The van der Waals surface area contributed by atoms with Crippen LogP contribution in [0.3, 0.4) is 0 Å². The van der Waals surface area contributed by atoms with E-state index in [1.807, 2.05) is 116 Å². The molecule has 0 radical (unpaired) electrons. The molecule has 2 saturated carbocycles. The Hall–Kier alpha value is -6.86. The summed E-state index contributed by atoms with van der Waals surface area (Å²) >= 11 is 0. The molecule has 0 aromatic rings. The minimum Gasteiger partial charge on any atom is -0.460 e. The first-order valence-electron chi connectivity index (χ1n) is 52.7. The average molecular weight is 2000 g/mol. The van der Waals surface area contributed by atoms with Crippen molar-refractivity contribution in [1.29, 1.82) is 0 Å². The number of ether oxygens (including phenoxy) is 10. The molecule has 0 aromatic heterocycles. The molecular formula is C111H178N2O29. The van der Waals surface area contributed by atoms with Gasteiger partial charge in [-0.2, -0.15) is 0 Å². The molecule has 4 saturated heterocycles. The second kappa shape index (κ2) is 62.4. The number of methoxy groups -OCH3 is 5. The van der Waals surface area contributed by atoms with Gasteiger partial charge >= 0.3 is 11.9 Å². The summed E-state index contributed by atoms with van der Waals surface area (Å²) in [4.78, 5) is 144. The predicted molar refractivity (Wildman–Crippen MR) is 538 cm³/mol. The Balaban J connectivity index is 0.000000408. The molecule has 0 aromatic carbocycles. The summed E-state index contributed by atoms with van der Waals surface area (Å²) in [5.41, 5.74) is 2.52. The highest BCUT2D eigenvalue weighted by Crippen LogP contribution is 2.42. The van der Waals surface area contributed by atoms with Crippen LogP contribution in [0.4, 0.5) is 0 Å². The molecule has 2 amide bonds. The van der Waals surface area contributed by atoms with Crippen molar-refractivity contribution >= 4 is 58.5 Å². The Morgan fingerprint density at radius 1 is 0.423 bits per heavy atom. The number of allylic oxidation sites excluding steroid dienone is 12. The first-order chi connectivity index (χ1) is 67.4. The molecule has 1 unspecified atom stereocenters. The van der Waals surface area contributed by atoms with E-state index >= 15 is 0 Å². The van der Waals surface area contributed by atoms with Crippen LogP contribution in [-0.4, -0.2) is 298 Å². The zero-order chi connectivity index (χ0) is 105. The Labute approximate surface area is 845 Å². The molecule has 9 N–H and O–H groups in total.